The molecule has 4 aromatic carbocycles. The van der Waals surface area contributed by atoms with E-state index in [9.17, 15) is 36.8 Å². The van der Waals surface area contributed by atoms with Crippen LogP contribution in [0.3, 0.4) is 0 Å². The fourth-order valence-corrected chi connectivity index (χ4v) is 7.74. The lowest BCUT2D eigenvalue weighted by Crippen LogP contribution is -2.14. The van der Waals surface area contributed by atoms with Gasteiger partial charge in [0.25, 0.3) is 16.4 Å². The molecule has 0 aliphatic rings. The van der Waals surface area contributed by atoms with Crippen molar-refractivity contribution in [2.24, 2.45) is 0 Å². The molecule has 0 fully saturated rings. The van der Waals surface area contributed by atoms with Crippen molar-refractivity contribution in [1.82, 2.24) is 3.97 Å². The van der Waals surface area contributed by atoms with Gasteiger partial charge in [-0.15, -0.1) is 11.3 Å². The van der Waals surface area contributed by atoms with Gasteiger partial charge in [-0.05, 0) is 65.5 Å². The summed E-state index contributed by atoms with van der Waals surface area (Å²) in [6, 6.07) is 22.5. The van der Waals surface area contributed by atoms with Crippen molar-refractivity contribution in [3.8, 4) is 39.6 Å². The van der Waals surface area contributed by atoms with Crippen LogP contribution >= 0.6 is 22.9 Å². The number of halogens is 4. The molecule has 45 heavy (non-hydrogen) atoms. The van der Waals surface area contributed by atoms with Gasteiger partial charge in [-0.3, -0.25) is 0 Å². The molecule has 0 atom stereocenters. The molecule has 6 aromatic rings. The van der Waals surface area contributed by atoms with E-state index in [-0.39, 0.29) is 48.1 Å². The second kappa shape index (κ2) is 11.6. The first-order valence-corrected chi connectivity index (χ1v) is 15.8. The fourth-order valence-electron chi connectivity index (χ4n) is 5.22. The summed E-state index contributed by atoms with van der Waals surface area (Å²) in [6.07, 6.45) is -2.80. The smallest absolute Gasteiger partial charge is 0.335 e. The van der Waals surface area contributed by atoms with Crippen molar-refractivity contribution < 1.29 is 31.5 Å². The highest BCUT2D eigenvalue weighted by Gasteiger charge is 2.30. The van der Waals surface area contributed by atoms with Gasteiger partial charge < -0.3 is 5.11 Å². The molecule has 0 bridgehead atoms. The molecular weight excluding hydrogens is 645 g/mol. The Morgan fingerprint density at radius 2 is 1.67 bits per heavy atom. The van der Waals surface area contributed by atoms with Crippen LogP contribution in [0.2, 0.25) is 5.02 Å². The summed E-state index contributed by atoms with van der Waals surface area (Å²) >= 11 is 7.60. The van der Waals surface area contributed by atoms with Gasteiger partial charge in [-0.1, -0.05) is 48.0 Å². The zero-order valence-corrected chi connectivity index (χ0v) is 25.1. The summed E-state index contributed by atoms with van der Waals surface area (Å²) < 4.78 is 71.2. The van der Waals surface area contributed by atoms with Crippen molar-refractivity contribution in [2.75, 3.05) is 0 Å². The predicted octanol–water partition coefficient (Wildman–Crippen LogP) is 9.24. The lowest BCUT2D eigenvalue weighted by atomic mass is 9.96. The molecule has 0 amide bonds. The van der Waals surface area contributed by atoms with Gasteiger partial charge >= 0.3 is 5.97 Å². The van der Waals surface area contributed by atoms with E-state index >= 15 is 0 Å². The first-order chi connectivity index (χ1) is 21.5. The molecule has 0 aliphatic heterocycles. The third-order valence-electron chi connectivity index (χ3n) is 7.26. The number of aromatic carboxylic acids is 1. The van der Waals surface area contributed by atoms with Crippen LogP contribution in [0.25, 0.3) is 44.4 Å². The second-order valence-electron chi connectivity index (χ2n) is 9.88. The van der Waals surface area contributed by atoms with Crippen molar-refractivity contribution in [3.05, 3.63) is 123 Å². The maximum absolute atomic E-state index is 14.8. The number of aromatic nitrogens is 1. The fraction of sp³-hybridized carbons (Fsp3) is 0.0303. The summed E-state index contributed by atoms with van der Waals surface area (Å²) in [5.74, 6) is -1.80. The van der Waals surface area contributed by atoms with E-state index < -0.39 is 28.2 Å². The second-order valence-corrected chi connectivity index (χ2v) is 13.0. The molecule has 1 N–H and O–H groups in total. The minimum Gasteiger partial charge on any atom is -0.478 e. The number of hydrogen-bond donors (Lipinski definition) is 1. The Morgan fingerprint density at radius 1 is 0.933 bits per heavy atom. The standard InChI is InChI=1S/C33H18ClF3N2O4S2/c34-27-15-21(33(40)41)6-10-24(27)19-2-1-3-20(14-19)31-30(25-12-13-44-29(25)17-38)26-16-22(35)7-11-28(26)39(31)45(42,43)23-8-4-18(5-9-23)32(36)37/h1-16,32H,(H,40,41). The average molecular weight is 663 g/mol. The number of nitrogens with zero attached hydrogens (tertiary/aromatic N) is 2. The molecule has 0 saturated carbocycles. The summed E-state index contributed by atoms with van der Waals surface area (Å²) in [6.45, 7) is 0. The maximum Gasteiger partial charge on any atom is 0.335 e. The van der Waals surface area contributed by atoms with Crippen LogP contribution < -0.4 is 0 Å². The summed E-state index contributed by atoms with van der Waals surface area (Å²) in [5, 5.41) is 21.3. The van der Waals surface area contributed by atoms with E-state index in [1.54, 1.807) is 35.7 Å². The number of carboxylic acid groups (broad SMARTS) is 1. The highest BCUT2D eigenvalue weighted by atomic mass is 35.5. The third-order valence-corrected chi connectivity index (χ3v) is 10.1. The number of hydrogen-bond acceptors (Lipinski definition) is 5. The highest BCUT2D eigenvalue weighted by molar-refractivity contribution is 7.90. The van der Waals surface area contributed by atoms with Crippen LogP contribution in [0.5, 0.6) is 0 Å². The molecule has 2 aromatic heterocycles. The van der Waals surface area contributed by atoms with E-state index in [1.165, 1.54) is 30.3 Å². The molecule has 0 spiro atoms. The van der Waals surface area contributed by atoms with Crippen LogP contribution in [-0.4, -0.2) is 23.5 Å². The van der Waals surface area contributed by atoms with E-state index in [4.69, 9.17) is 11.6 Å². The molecule has 0 radical (unpaired) electrons. The topological polar surface area (TPSA) is 100 Å². The molecule has 0 aliphatic carbocycles. The van der Waals surface area contributed by atoms with E-state index in [2.05, 4.69) is 6.07 Å². The molecule has 6 rings (SSSR count). The quantitative estimate of drug-likeness (QED) is 0.184. The maximum atomic E-state index is 14.8. The Bertz CT molecular complexity index is 2290. The third kappa shape index (κ3) is 5.27. The van der Waals surface area contributed by atoms with E-state index in [1.807, 2.05) is 0 Å². The molecule has 6 nitrogen and oxygen atoms in total. The van der Waals surface area contributed by atoms with Gasteiger partial charge in [-0.25, -0.2) is 30.4 Å². The summed E-state index contributed by atoms with van der Waals surface area (Å²) in [7, 11) is -4.51. The zero-order valence-electron chi connectivity index (χ0n) is 22.7. The van der Waals surface area contributed by atoms with Gasteiger partial charge in [0.1, 0.15) is 16.8 Å². The number of nitriles is 1. The summed E-state index contributed by atoms with van der Waals surface area (Å²) in [4.78, 5) is 11.4. The molecular formula is C33H18ClF3N2O4S2. The highest BCUT2D eigenvalue weighted by Crippen LogP contribution is 2.46. The lowest BCUT2D eigenvalue weighted by molar-refractivity contribution is 0.0697. The van der Waals surface area contributed by atoms with Gasteiger partial charge in [0.2, 0.25) is 0 Å². The number of benzene rings is 4. The van der Waals surface area contributed by atoms with E-state index in [0.717, 1.165) is 45.6 Å². The molecule has 0 unspecified atom stereocenters. The number of alkyl halides is 2. The van der Waals surface area contributed by atoms with Crippen LogP contribution in [0.15, 0.2) is 101 Å². The van der Waals surface area contributed by atoms with Crippen molar-refractivity contribution in [1.29, 1.82) is 5.26 Å². The molecule has 12 heteroatoms. The van der Waals surface area contributed by atoms with Gasteiger partial charge in [-0.2, -0.15) is 5.26 Å². The number of carbonyl (C=O) groups is 1. The SMILES string of the molecule is N#Cc1sccc1-c1c(-c2cccc(-c3ccc(C(=O)O)cc3Cl)c2)n(S(=O)(=O)c2ccc(C(F)F)cc2)c2ccc(F)cc12. The molecule has 2 heterocycles. The monoisotopic (exact) mass is 662 g/mol. The number of thiophene rings is 1. The Morgan fingerprint density at radius 3 is 2.33 bits per heavy atom. The number of rotatable bonds is 7. The number of carboxylic acids is 1. The van der Waals surface area contributed by atoms with Crippen LogP contribution in [-0.2, 0) is 10.0 Å². The first-order valence-electron chi connectivity index (χ1n) is 13.1. The predicted molar refractivity (Wildman–Crippen MR) is 167 cm³/mol. The lowest BCUT2D eigenvalue weighted by Gasteiger charge is -2.15. The van der Waals surface area contributed by atoms with Crippen LogP contribution in [0.4, 0.5) is 13.2 Å². The van der Waals surface area contributed by atoms with Crippen molar-refractivity contribution in [2.45, 2.75) is 11.3 Å². The average Bonchev–Trinajstić information content (AvgIpc) is 3.63. The van der Waals surface area contributed by atoms with Gasteiger partial charge in [0, 0.05) is 38.2 Å². The minimum absolute atomic E-state index is 0.0187. The normalized spacial score (nSPS) is 11.6. The Balaban J connectivity index is 1.70. The Kier molecular flexibility index (Phi) is 7.74. The van der Waals surface area contributed by atoms with Gasteiger partial charge in [0.05, 0.1) is 21.7 Å². The van der Waals surface area contributed by atoms with Gasteiger partial charge in [0.15, 0.2) is 0 Å². The number of fused-ring (bicyclic) bond motifs is 1. The van der Waals surface area contributed by atoms with Crippen molar-refractivity contribution in [3.63, 3.8) is 0 Å². The van der Waals surface area contributed by atoms with Crippen molar-refractivity contribution >= 4 is 49.8 Å². The molecule has 224 valence electrons. The largest absolute Gasteiger partial charge is 0.478 e. The zero-order chi connectivity index (χ0) is 32.0. The van der Waals surface area contributed by atoms with Crippen LogP contribution in [0.1, 0.15) is 27.2 Å². The minimum atomic E-state index is -4.51. The Hall–Kier alpha value is -4.89. The van der Waals surface area contributed by atoms with E-state index in [0.29, 0.717) is 22.3 Å². The molecule has 0 saturated heterocycles. The van der Waals surface area contributed by atoms with Crippen LogP contribution in [0, 0.1) is 17.1 Å². The first kappa shape index (κ1) is 30.1. The Labute approximate surface area is 263 Å². The summed E-state index contributed by atoms with van der Waals surface area (Å²) in [5.41, 5.74) is 1.82.